The van der Waals surface area contributed by atoms with Gasteiger partial charge in [0.05, 0.1) is 18.1 Å². The Morgan fingerprint density at radius 2 is 2.11 bits per heavy atom. The molecule has 92 valence electrons. The van der Waals surface area contributed by atoms with Gasteiger partial charge in [0.1, 0.15) is 5.69 Å². The van der Waals surface area contributed by atoms with Gasteiger partial charge in [-0.1, -0.05) is 6.07 Å². The molecule has 0 saturated heterocycles. The third kappa shape index (κ3) is 1.64. The first-order valence-corrected chi connectivity index (χ1v) is 5.72. The first-order valence-electron chi connectivity index (χ1n) is 5.72. The molecule has 0 atom stereocenters. The molecule has 0 bridgehead atoms. The van der Waals surface area contributed by atoms with E-state index in [0.717, 1.165) is 22.6 Å². The summed E-state index contributed by atoms with van der Waals surface area (Å²) < 4.78 is 6.89. The highest BCUT2D eigenvalue weighted by molar-refractivity contribution is 5.79. The van der Waals surface area contributed by atoms with Crippen LogP contribution < -0.4 is 4.74 Å². The minimum atomic E-state index is 0.710. The fraction of sp³-hybridized carbons (Fsp3) is 0.231. The molecule has 0 spiro atoms. The molecule has 5 heteroatoms. The molecule has 2 aromatic heterocycles. The summed E-state index contributed by atoms with van der Waals surface area (Å²) in [6, 6.07) is 7.99. The minimum absolute atomic E-state index is 0.710. The van der Waals surface area contributed by atoms with Crippen molar-refractivity contribution in [1.29, 1.82) is 0 Å². The Morgan fingerprint density at radius 3 is 2.83 bits per heavy atom. The standard InChI is InChI=1S/C13H14N4O/c1-8-4-5-9-10(6-8)15-13(14-9)11-7-12(18-3)17(2)16-11/h4-7H,1-3H3,(H,14,15). The van der Waals surface area contributed by atoms with Crippen LogP contribution in [0.15, 0.2) is 24.3 Å². The lowest BCUT2D eigenvalue weighted by Crippen LogP contribution is -1.94. The summed E-state index contributed by atoms with van der Waals surface area (Å²) in [6.45, 7) is 2.06. The molecular weight excluding hydrogens is 228 g/mol. The number of fused-ring (bicyclic) bond motifs is 1. The predicted octanol–water partition coefficient (Wildman–Crippen LogP) is 2.28. The van der Waals surface area contributed by atoms with Crippen molar-refractivity contribution in [3.63, 3.8) is 0 Å². The number of ether oxygens (including phenoxy) is 1. The van der Waals surface area contributed by atoms with E-state index >= 15 is 0 Å². The molecule has 0 unspecified atom stereocenters. The van der Waals surface area contributed by atoms with Crippen molar-refractivity contribution in [2.24, 2.45) is 7.05 Å². The lowest BCUT2D eigenvalue weighted by molar-refractivity contribution is 0.373. The SMILES string of the molecule is COc1cc(-c2nc3ccc(C)cc3[nH]2)nn1C. The molecule has 3 rings (SSSR count). The van der Waals surface area contributed by atoms with Crippen molar-refractivity contribution in [2.75, 3.05) is 7.11 Å². The van der Waals surface area contributed by atoms with Crippen molar-refractivity contribution < 1.29 is 4.74 Å². The van der Waals surface area contributed by atoms with Crippen molar-refractivity contribution >= 4 is 11.0 Å². The summed E-state index contributed by atoms with van der Waals surface area (Å²) in [6.07, 6.45) is 0. The van der Waals surface area contributed by atoms with E-state index in [1.807, 2.05) is 25.2 Å². The number of nitrogens with zero attached hydrogens (tertiary/aromatic N) is 3. The first-order chi connectivity index (χ1) is 8.67. The largest absolute Gasteiger partial charge is 0.481 e. The van der Waals surface area contributed by atoms with E-state index in [1.54, 1.807) is 11.8 Å². The average molecular weight is 242 g/mol. The highest BCUT2D eigenvalue weighted by Gasteiger charge is 2.11. The molecule has 0 aliphatic carbocycles. The van der Waals surface area contributed by atoms with Gasteiger partial charge in [-0.15, -0.1) is 0 Å². The normalized spacial score (nSPS) is 11.1. The Hall–Kier alpha value is -2.30. The smallest absolute Gasteiger partial charge is 0.211 e. The Balaban J connectivity index is 2.13. The van der Waals surface area contributed by atoms with Crippen molar-refractivity contribution in [2.45, 2.75) is 6.92 Å². The molecule has 3 aromatic rings. The monoisotopic (exact) mass is 242 g/mol. The number of rotatable bonds is 2. The van der Waals surface area contributed by atoms with Crippen molar-refractivity contribution in [3.8, 4) is 17.4 Å². The summed E-state index contributed by atoms with van der Waals surface area (Å²) in [4.78, 5) is 7.80. The zero-order chi connectivity index (χ0) is 12.7. The molecule has 5 nitrogen and oxygen atoms in total. The second-order valence-electron chi connectivity index (χ2n) is 4.30. The van der Waals surface area contributed by atoms with E-state index in [9.17, 15) is 0 Å². The number of benzene rings is 1. The van der Waals surface area contributed by atoms with E-state index in [2.05, 4.69) is 28.1 Å². The highest BCUT2D eigenvalue weighted by Crippen LogP contribution is 2.23. The number of nitrogens with one attached hydrogen (secondary N) is 1. The van der Waals surface area contributed by atoms with Gasteiger partial charge in [-0.3, -0.25) is 0 Å². The summed E-state index contributed by atoms with van der Waals surface area (Å²) >= 11 is 0. The van der Waals surface area contributed by atoms with Crippen molar-refractivity contribution in [1.82, 2.24) is 19.7 Å². The molecular formula is C13H14N4O. The van der Waals surface area contributed by atoms with E-state index in [1.165, 1.54) is 5.56 Å². The Morgan fingerprint density at radius 1 is 1.28 bits per heavy atom. The van der Waals surface area contributed by atoms with Gasteiger partial charge < -0.3 is 9.72 Å². The van der Waals surface area contributed by atoms with Gasteiger partial charge in [-0.25, -0.2) is 9.67 Å². The lowest BCUT2D eigenvalue weighted by atomic mass is 10.2. The van der Waals surface area contributed by atoms with Gasteiger partial charge in [-0.2, -0.15) is 5.10 Å². The van der Waals surface area contributed by atoms with Crippen LogP contribution in [-0.4, -0.2) is 26.9 Å². The summed E-state index contributed by atoms with van der Waals surface area (Å²) in [5, 5.41) is 4.37. The van der Waals surface area contributed by atoms with Gasteiger partial charge in [0.2, 0.25) is 5.88 Å². The maximum atomic E-state index is 5.20. The third-order valence-corrected chi connectivity index (χ3v) is 2.93. The third-order valence-electron chi connectivity index (χ3n) is 2.93. The van der Waals surface area contributed by atoms with Crippen LogP contribution in [0.3, 0.4) is 0 Å². The molecule has 18 heavy (non-hydrogen) atoms. The van der Waals surface area contributed by atoms with Crippen LogP contribution in [0.25, 0.3) is 22.6 Å². The number of aromatic nitrogens is 4. The molecule has 0 aliphatic rings. The van der Waals surface area contributed by atoms with Crippen LogP contribution in [0.2, 0.25) is 0 Å². The number of hydrogen-bond acceptors (Lipinski definition) is 3. The highest BCUT2D eigenvalue weighted by atomic mass is 16.5. The van der Waals surface area contributed by atoms with Crippen LogP contribution in [0, 0.1) is 6.92 Å². The van der Waals surface area contributed by atoms with Gasteiger partial charge >= 0.3 is 0 Å². The molecule has 2 heterocycles. The molecule has 0 aliphatic heterocycles. The molecule has 0 saturated carbocycles. The summed E-state index contributed by atoms with van der Waals surface area (Å²) in [5.74, 6) is 1.47. The molecule has 0 fully saturated rings. The maximum Gasteiger partial charge on any atom is 0.211 e. The fourth-order valence-electron chi connectivity index (χ4n) is 2.00. The van der Waals surface area contributed by atoms with Crippen LogP contribution in [0.4, 0.5) is 0 Å². The number of aryl methyl sites for hydroxylation is 2. The lowest BCUT2D eigenvalue weighted by Gasteiger charge is -1.95. The van der Waals surface area contributed by atoms with Crippen LogP contribution in [-0.2, 0) is 7.05 Å². The maximum absolute atomic E-state index is 5.20. The van der Waals surface area contributed by atoms with E-state index in [4.69, 9.17) is 4.74 Å². The molecule has 0 amide bonds. The quantitative estimate of drug-likeness (QED) is 0.750. The van der Waals surface area contributed by atoms with Crippen LogP contribution >= 0.6 is 0 Å². The van der Waals surface area contributed by atoms with Gasteiger partial charge in [-0.05, 0) is 24.6 Å². The predicted molar refractivity (Wildman–Crippen MR) is 69.6 cm³/mol. The topological polar surface area (TPSA) is 55.7 Å². The van der Waals surface area contributed by atoms with Crippen LogP contribution in [0.1, 0.15) is 5.56 Å². The Labute approximate surface area is 104 Å². The molecule has 1 N–H and O–H groups in total. The zero-order valence-electron chi connectivity index (χ0n) is 10.6. The number of aromatic amines is 1. The minimum Gasteiger partial charge on any atom is -0.481 e. The number of hydrogen-bond donors (Lipinski definition) is 1. The zero-order valence-corrected chi connectivity index (χ0v) is 10.6. The van der Waals surface area contributed by atoms with Gasteiger partial charge in [0, 0.05) is 13.1 Å². The van der Waals surface area contributed by atoms with Crippen molar-refractivity contribution in [3.05, 3.63) is 29.8 Å². The molecule has 1 aromatic carbocycles. The summed E-state index contributed by atoms with van der Waals surface area (Å²) in [5.41, 5.74) is 3.95. The number of imidazole rings is 1. The summed E-state index contributed by atoms with van der Waals surface area (Å²) in [7, 11) is 3.47. The number of methoxy groups -OCH3 is 1. The first kappa shape index (κ1) is 10.8. The fourth-order valence-corrected chi connectivity index (χ4v) is 2.00. The van der Waals surface area contributed by atoms with E-state index in [-0.39, 0.29) is 0 Å². The second kappa shape index (κ2) is 3.87. The van der Waals surface area contributed by atoms with Crippen LogP contribution in [0.5, 0.6) is 5.88 Å². The second-order valence-corrected chi connectivity index (χ2v) is 4.30. The number of H-pyrrole nitrogens is 1. The van der Waals surface area contributed by atoms with E-state index < -0.39 is 0 Å². The Kier molecular flexibility index (Phi) is 2.33. The Bertz CT molecular complexity index is 711. The van der Waals surface area contributed by atoms with Gasteiger partial charge in [0.25, 0.3) is 0 Å². The van der Waals surface area contributed by atoms with Gasteiger partial charge in [0.15, 0.2) is 5.82 Å². The molecule has 0 radical (unpaired) electrons. The average Bonchev–Trinajstić information content (AvgIpc) is 2.91. The van der Waals surface area contributed by atoms with E-state index in [0.29, 0.717) is 5.88 Å².